The summed E-state index contributed by atoms with van der Waals surface area (Å²) >= 11 is -2.13. The van der Waals surface area contributed by atoms with Crippen LogP contribution in [-0.2, 0) is 0 Å². The quantitative estimate of drug-likeness (QED) is 0.221. The fraction of sp³-hybridized carbons (Fsp3) is 0.913. The molecule has 0 fully saturated rings. The van der Waals surface area contributed by atoms with E-state index in [0.717, 1.165) is 16.6 Å². The van der Waals surface area contributed by atoms with Gasteiger partial charge in [0.15, 0.2) is 0 Å². The van der Waals surface area contributed by atoms with Crippen molar-refractivity contribution in [1.29, 1.82) is 0 Å². The minimum atomic E-state index is -2.13. The summed E-state index contributed by atoms with van der Waals surface area (Å²) in [7, 11) is -1.38. The van der Waals surface area contributed by atoms with E-state index >= 15 is 0 Å². The monoisotopic (exact) mass is 474 g/mol. The molecule has 0 nitrogen and oxygen atoms in total. The molecule has 0 aromatic carbocycles. The summed E-state index contributed by atoms with van der Waals surface area (Å²) in [5, 5.41) is 0. The fourth-order valence-corrected chi connectivity index (χ4v) is 29.0. The van der Waals surface area contributed by atoms with Gasteiger partial charge in [0.05, 0.1) is 0 Å². The van der Waals surface area contributed by atoms with Gasteiger partial charge in [-0.15, -0.1) is 0 Å². The molecular formula is C23H50SiSn. The van der Waals surface area contributed by atoms with Crippen LogP contribution in [0.5, 0.6) is 0 Å². The van der Waals surface area contributed by atoms with E-state index in [1.807, 2.05) is 0 Å². The molecule has 0 saturated heterocycles. The number of unbranched alkanes of at least 4 members (excludes halogenated alkanes) is 3. The first-order valence-corrected chi connectivity index (χ1v) is 21.4. The molecule has 25 heavy (non-hydrogen) atoms. The van der Waals surface area contributed by atoms with Crippen molar-refractivity contribution in [3.05, 3.63) is 9.79 Å². The van der Waals surface area contributed by atoms with Gasteiger partial charge in [0.2, 0.25) is 0 Å². The van der Waals surface area contributed by atoms with E-state index in [4.69, 9.17) is 0 Å². The molecule has 0 aliphatic rings. The topological polar surface area (TPSA) is 0 Å². The Morgan fingerprint density at radius 3 is 1.20 bits per heavy atom. The average molecular weight is 473 g/mol. The van der Waals surface area contributed by atoms with Crippen LogP contribution in [0.15, 0.2) is 9.79 Å². The van der Waals surface area contributed by atoms with Crippen molar-refractivity contribution in [2.75, 3.05) is 0 Å². The van der Waals surface area contributed by atoms with E-state index in [-0.39, 0.29) is 0 Å². The van der Waals surface area contributed by atoms with Gasteiger partial charge in [-0.25, -0.2) is 0 Å². The van der Waals surface area contributed by atoms with Gasteiger partial charge in [0, 0.05) is 0 Å². The van der Waals surface area contributed by atoms with Crippen molar-refractivity contribution in [2.45, 2.75) is 131 Å². The van der Waals surface area contributed by atoms with Crippen LogP contribution in [0.25, 0.3) is 0 Å². The summed E-state index contributed by atoms with van der Waals surface area (Å²) < 4.78 is 7.82. The first-order valence-electron chi connectivity index (χ1n) is 11.4. The van der Waals surface area contributed by atoms with E-state index < -0.39 is 26.5 Å². The van der Waals surface area contributed by atoms with Crippen LogP contribution in [-0.4, -0.2) is 26.5 Å². The first kappa shape index (κ1) is 25.8. The van der Waals surface area contributed by atoms with E-state index in [1.54, 1.807) is 13.3 Å². The molecule has 150 valence electrons. The second-order valence-corrected chi connectivity index (χ2v) is 28.3. The molecule has 0 unspecified atom stereocenters. The Bertz CT molecular complexity index is 314. The Kier molecular flexibility index (Phi) is 13.4. The van der Waals surface area contributed by atoms with Gasteiger partial charge in [-0.2, -0.15) is 0 Å². The van der Waals surface area contributed by atoms with Gasteiger partial charge < -0.3 is 0 Å². The molecule has 0 atom stereocenters. The molecule has 0 spiro atoms. The molecule has 0 aliphatic heterocycles. The maximum absolute atomic E-state index is 2.99. The summed E-state index contributed by atoms with van der Waals surface area (Å²) in [6.45, 7) is 22.2. The Hall–Kier alpha value is 0.756. The van der Waals surface area contributed by atoms with Crippen LogP contribution in [0.2, 0.25) is 29.9 Å². The second-order valence-electron chi connectivity index (χ2n) is 9.47. The zero-order valence-corrected chi connectivity index (χ0v) is 23.1. The van der Waals surface area contributed by atoms with E-state index in [0.29, 0.717) is 0 Å². The van der Waals surface area contributed by atoms with Crippen LogP contribution in [0.3, 0.4) is 0 Å². The first-order chi connectivity index (χ1) is 11.7. The van der Waals surface area contributed by atoms with E-state index in [2.05, 4.69) is 72.1 Å². The summed E-state index contributed by atoms with van der Waals surface area (Å²) in [6, 6.07) is 0. The van der Waals surface area contributed by atoms with Gasteiger partial charge in [0.25, 0.3) is 0 Å². The summed E-state index contributed by atoms with van der Waals surface area (Å²) in [4.78, 5) is 0. The van der Waals surface area contributed by atoms with Gasteiger partial charge >= 0.3 is 167 Å². The van der Waals surface area contributed by atoms with E-state index in [1.165, 1.54) is 38.5 Å². The molecule has 0 rings (SSSR count). The Balaban J connectivity index is 5.83. The Labute approximate surface area is 166 Å². The molecule has 0 aliphatic carbocycles. The molecule has 0 amide bonds. The van der Waals surface area contributed by atoms with Crippen molar-refractivity contribution >= 4 is 26.5 Å². The van der Waals surface area contributed by atoms with Crippen molar-refractivity contribution in [1.82, 2.24) is 0 Å². The normalized spacial score (nSPS) is 13.8. The number of rotatable bonds is 14. The number of hydrogen-bond acceptors (Lipinski definition) is 0. The molecule has 2 heteroatoms. The van der Waals surface area contributed by atoms with Crippen LogP contribution in [0, 0.1) is 0 Å². The molecule has 0 N–H and O–H groups in total. The molecule has 0 heterocycles. The molecule has 0 saturated carbocycles. The third kappa shape index (κ3) is 7.72. The third-order valence-corrected chi connectivity index (χ3v) is 28.6. The van der Waals surface area contributed by atoms with Crippen LogP contribution in [0.4, 0.5) is 0 Å². The molecule has 0 aromatic rings. The summed E-state index contributed by atoms with van der Waals surface area (Å²) in [5.41, 5.74) is 5.49. The van der Waals surface area contributed by atoms with Crippen LogP contribution >= 0.6 is 0 Å². The van der Waals surface area contributed by atoms with Crippen molar-refractivity contribution in [3.8, 4) is 0 Å². The zero-order valence-electron chi connectivity index (χ0n) is 19.3. The second kappa shape index (κ2) is 13.0. The third-order valence-electron chi connectivity index (χ3n) is 6.81. The fourth-order valence-electron chi connectivity index (χ4n) is 5.11. The Morgan fingerprint density at radius 2 is 0.960 bits per heavy atom. The number of hydrogen-bond donors (Lipinski definition) is 0. The van der Waals surface area contributed by atoms with Gasteiger partial charge in [0.1, 0.15) is 0 Å². The van der Waals surface area contributed by atoms with Crippen molar-refractivity contribution in [3.63, 3.8) is 0 Å². The Morgan fingerprint density at radius 1 is 0.640 bits per heavy atom. The predicted octanol–water partition coefficient (Wildman–Crippen LogP) is 9.15. The zero-order chi connectivity index (χ0) is 19.5. The van der Waals surface area contributed by atoms with Gasteiger partial charge in [-0.05, 0) is 0 Å². The molecule has 0 bridgehead atoms. The van der Waals surface area contributed by atoms with Crippen LogP contribution < -0.4 is 0 Å². The van der Waals surface area contributed by atoms with E-state index in [9.17, 15) is 0 Å². The summed E-state index contributed by atoms with van der Waals surface area (Å²) in [6.07, 6.45) is 8.58. The standard InChI is InChI=1S/C11H23Si.3C4H9.Sn/c1-8-12(9(2)3,10(4)5)11(6)7;3*1-3-4-2;/h1,8-11H,2-7H3;3*1,3-4H2,2H3;. The average Bonchev–Trinajstić information content (AvgIpc) is 2.55. The molecule has 0 aromatic heterocycles. The van der Waals surface area contributed by atoms with Crippen molar-refractivity contribution in [2.24, 2.45) is 0 Å². The maximum atomic E-state index is 2.99. The minimum absolute atomic E-state index is 0.858. The predicted molar refractivity (Wildman–Crippen MR) is 125 cm³/mol. The van der Waals surface area contributed by atoms with Gasteiger partial charge in [-0.3, -0.25) is 0 Å². The molecule has 0 radical (unpaired) electrons. The molecular weight excluding hydrogens is 423 g/mol. The summed E-state index contributed by atoms with van der Waals surface area (Å²) in [5.74, 6) is 0. The van der Waals surface area contributed by atoms with Crippen molar-refractivity contribution < 1.29 is 0 Å². The van der Waals surface area contributed by atoms with Gasteiger partial charge in [-0.1, -0.05) is 0 Å². The SMILES string of the molecule is CCC[CH2][Sn](/[CH]=C/[Si](C(C)C)(C(C)C)C(C)C)([CH2]CCC)[CH2]CCC. The van der Waals surface area contributed by atoms with Crippen LogP contribution in [0.1, 0.15) is 101 Å².